The molecular weight excluding hydrogens is 158 g/mol. The molecule has 1 aliphatic carbocycles. The molecule has 0 spiro atoms. The molecule has 70 valence electrons. The van der Waals surface area contributed by atoms with Gasteiger partial charge in [-0.25, -0.2) is 0 Å². The fourth-order valence-corrected chi connectivity index (χ4v) is 1.95. The first-order chi connectivity index (χ1) is 6.20. The monoisotopic (exact) mass is 175 g/mol. The van der Waals surface area contributed by atoms with Crippen LogP contribution in [0.3, 0.4) is 0 Å². The molecule has 0 bridgehead atoms. The summed E-state index contributed by atoms with van der Waals surface area (Å²) in [7, 11) is 0. The summed E-state index contributed by atoms with van der Waals surface area (Å²) in [6.45, 7) is 4.38. The number of benzene rings is 1. The van der Waals surface area contributed by atoms with Gasteiger partial charge in [-0.05, 0) is 42.7 Å². The highest BCUT2D eigenvalue weighted by Gasteiger charge is 2.29. The first-order valence-electron chi connectivity index (χ1n) is 5.05. The molecule has 2 N–H and O–H groups in total. The molecule has 0 radical (unpaired) electrons. The number of nitrogen functional groups attached to an aromatic ring is 1. The average Bonchev–Trinajstić information content (AvgIpc) is 2.91. The van der Waals surface area contributed by atoms with E-state index < -0.39 is 0 Å². The summed E-state index contributed by atoms with van der Waals surface area (Å²) in [4.78, 5) is 0. The summed E-state index contributed by atoms with van der Waals surface area (Å²) in [5.74, 6) is 1.55. The van der Waals surface area contributed by atoms with Gasteiger partial charge in [0.25, 0.3) is 0 Å². The summed E-state index contributed by atoms with van der Waals surface area (Å²) in [6.07, 6.45) is 2.77. The highest BCUT2D eigenvalue weighted by Crippen LogP contribution is 2.44. The summed E-state index contributed by atoms with van der Waals surface area (Å²) in [5.41, 5.74) is 9.61. The lowest BCUT2D eigenvalue weighted by molar-refractivity contribution is 0.665. The van der Waals surface area contributed by atoms with Crippen molar-refractivity contribution in [1.29, 1.82) is 0 Å². The second-order valence-electron chi connectivity index (χ2n) is 4.20. The first-order valence-corrected chi connectivity index (χ1v) is 5.05. The zero-order valence-electron chi connectivity index (χ0n) is 8.38. The van der Waals surface area contributed by atoms with Crippen LogP contribution in [0.4, 0.5) is 5.69 Å². The van der Waals surface area contributed by atoms with Gasteiger partial charge in [0, 0.05) is 5.69 Å². The number of para-hydroxylation sites is 1. The average molecular weight is 175 g/mol. The third-order valence-corrected chi connectivity index (χ3v) is 3.18. The van der Waals surface area contributed by atoms with Crippen molar-refractivity contribution in [2.75, 3.05) is 5.73 Å². The number of aryl methyl sites for hydroxylation is 1. The standard InChI is InChI=1S/C12H17N/c1-8-4-3-5-11(12(8)13)9(2)10-6-7-10/h3-5,9-10H,6-7,13H2,1-2H3. The maximum absolute atomic E-state index is 6.05. The van der Waals surface area contributed by atoms with E-state index in [0.717, 1.165) is 11.6 Å². The van der Waals surface area contributed by atoms with Gasteiger partial charge in [-0.3, -0.25) is 0 Å². The van der Waals surface area contributed by atoms with Crippen LogP contribution in [0.2, 0.25) is 0 Å². The minimum Gasteiger partial charge on any atom is -0.398 e. The van der Waals surface area contributed by atoms with Crippen molar-refractivity contribution in [1.82, 2.24) is 0 Å². The maximum atomic E-state index is 6.05. The van der Waals surface area contributed by atoms with E-state index in [1.54, 1.807) is 0 Å². The fourth-order valence-electron chi connectivity index (χ4n) is 1.95. The van der Waals surface area contributed by atoms with E-state index in [0.29, 0.717) is 5.92 Å². The van der Waals surface area contributed by atoms with Crippen LogP contribution in [0.25, 0.3) is 0 Å². The van der Waals surface area contributed by atoms with Gasteiger partial charge in [-0.15, -0.1) is 0 Å². The lowest BCUT2D eigenvalue weighted by Gasteiger charge is -2.14. The molecule has 0 aromatic heterocycles. The molecule has 13 heavy (non-hydrogen) atoms. The Morgan fingerprint density at radius 2 is 2.08 bits per heavy atom. The Kier molecular flexibility index (Phi) is 2.03. The lowest BCUT2D eigenvalue weighted by atomic mass is 9.93. The van der Waals surface area contributed by atoms with Crippen LogP contribution in [-0.2, 0) is 0 Å². The van der Waals surface area contributed by atoms with E-state index in [1.165, 1.54) is 24.0 Å². The van der Waals surface area contributed by atoms with E-state index in [2.05, 4.69) is 32.0 Å². The van der Waals surface area contributed by atoms with Gasteiger partial charge in [0.1, 0.15) is 0 Å². The largest absolute Gasteiger partial charge is 0.398 e. The molecule has 2 rings (SSSR count). The third kappa shape index (κ3) is 1.55. The molecule has 1 saturated carbocycles. The molecular formula is C12H17N. The summed E-state index contributed by atoms with van der Waals surface area (Å²) in [6, 6.07) is 6.36. The maximum Gasteiger partial charge on any atom is 0.0379 e. The molecule has 1 fully saturated rings. The van der Waals surface area contributed by atoms with E-state index in [4.69, 9.17) is 5.73 Å². The number of rotatable bonds is 2. The zero-order chi connectivity index (χ0) is 9.42. The van der Waals surface area contributed by atoms with Crippen LogP contribution < -0.4 is 5.73 Å². The second kappa shape index (κ2) is 3.06. The van der Waals surface area contributed by atoms with Gasteiger partial charge >= 0.3 is 0 Å². The van der Waals surface area contributed by atoms with E-state index in [9.17, 15) is 0 Å². The number of anilines is 1. The van der Waals surface area contributed by atoms with Crippen LogP contribution in [0.15, 0.2) is 18.2 Å². The Labute approximate surface area is 80.0 Å². The van der Waals surface area contributed by atoms with E-state index in [1.807, 2.05) is 0 Å². The van der Waals surface area contributed by atoms with Crippen molar-refractivity contribution in [2.45, 2.75) is 32.6 Å². The number of hydrogen-bond donors (Lipinski definition) is 1. The van der Waals surface area contributed by atoms with Crippen LogP contribution in [-0.4, -0.2) is 0 Å². The third-order valence-electron chi connectivity index (χ3n) is 3.18. The zero-order valence-corrected chi connectivity index (χ0v) is 8.38. The molecule has 0 aliphatic heterocycles. The Balaban J connectivity index is 2.32. The SMILES string of the molecule is Cc1cccc(C(C)C2CC2)c1N. The minimum absolute atomic E-state index is 0.653. The summed E-state index contributed by atoms with van der Waals surface area (Å²) in [5, 5.41) is 0. The summed E-state index contributed by atoms with van der Waals surface area (Å²) < 4.78 is 0. The highest BCUT2D eigenvalue weighted by molar-refractivity contribution is 5.54. The molecule has 0 heterocycles. The van der Waals surface area contributed by atoms with Crippen LogP contribution >= 0.6 is 0 Å². The van der Waals surface area contributed by atoms with Gasteiger partial charge in [0.15, 0.2) is 0 Å². The van der Waals surface area contributed by atoms with Gasteiger partial charge in [0.2, 0.25) is 0 Å². The Morgan fingerprint density at radius 1 is 1.38 bits per heavy atom. The predicted octanol–water partition coefficient (Wildman–Crippen LogP) is 3.09. The Hall–Kier alpha value is -0.980. The number of hydrogen-bond acceptors (Lipinski definition) is 1. The summed E-state index contributed by atoms with van der Waals surface area (Å²) >= 11 is 0. The van der Waals surface area contributed by atoms with E-state index >= 15 is 0 Å². The molecule has 1 unspecified atom stereocenters. The van der Waals surface area contributed by atoms with Gasteiger partial charge in [-0.1, -0.05) is 25.1 Å². The lowest BCUT2D eigenvalue weighted by Crippen LogP contribution is -2.02. The molecule has 0 amide bonds. The van der Waals surface area contributed by atoms with Gasteiger partial charge < -0.3 is 5.73 Å². The molecule has 1 aliphatic rings. The number of nitrogens with two attached hydrogens (primary N) is 1. The van der Waals surface area contributed by atoms with Crippen LogP contribution in [0, 0.1) is 12.8 Å². The topological polar surface area (TPSA) is 26.0 Å². The van der Waals surface area contributed by atoms with Crippen molar-refractivity contribution in [3.63, 3.8) is 0 Å². The molecule has 1 atom stereocenters. The van der Waals surface area contributed by atoms with Gasteiger partial charge in [0.05, 0.1) is 0 Å². The van der Waals surface area contributed by atoms with Gasteiger partial charge in [-0.2, -0.15) is 0 Å². The molecule has 0 saturated heterocycles. The van der Waals surface area contributed by atoms with Crippen LogP contribution in [0.1, 0.15) is 36.8 Å². The molecule has 1 nitrogen and oxygen atoms in total. The van der Waals surface area contributed by atoms with Crippen molar-refractivity contribution in [3.8, 4) is 0 Å². The van der Waals surface area contributed by atoms with Crippen molar-refractivity contribution >= 4 is 5.69 Å². The minimum atomic E-state index is 0.653. The molecule has 1 aromatic carbocycles. The normalized spacial score (nSPS) is 18.6. The first kappa shape index (κ1) is 8.61. The predicted molar refractivity (Wildman–Crippen MR) is 56.7 cm³/mol. The van der Waals surface area contributed by atoms with Crippen molar-refractivity contribution < 1.29 is 0 Å². The molecule has 1 heteroatoms. The smallest absolute Gasteiger partial charge is 0.0379 e. The Bertz CT molecular complexity index is 313. The quantitative estimate of drug-likeness (QED) is 0.687. The van der Waals surface area contributed by atoms with E-state index in [-0.39, 0.29) is 0 Å². The fraction of sp³-hybridized carbons (Fsp3) is 0.500. The van der Waals surface area contributed by atoms with Crippen LogP contribution in [0.5, 0.6) is 0 Å². The second-order valence-corrected chi connectivity index (χ2v) is 4.20. The van der Waals surface area contributed by atoms with Crippen molar-refractivity contribution in [2.24, 2.45) is 5.92 Å². The molecule has 1 aromatic rings. The highest BCUT2D eigenvalue weighted by atomic mass is 14.6. The Morgan fingerprint density at radius 3 is 2.69 bits per heavy atom. The van der Waals surface area contributed by atoms with Crippen molar-refractivity contribution in [3.05, 3.63) is 29.3 Å².